The van der Waals surface area contributed by atoms with Gasteiger partial charge in [-0.2, -0.15) is 0 Å². The summed E-state index contributed by atoms with van der Waals surface area (Å²) >= 11 is 0. The minimum absolute atomic E-state index is 0.201. The lowest BCUT2D eigenvalue weighted by molar-refractivity contribution is -0.153. The van der Waals surface area contributed by atoms with Crippen LogP contribution >= 0.6 is 0 Å². The Labute approximate surface area is 408 Å². The van der Waals surface area contributed by atoms with E-state index < -0.39 is 65.9 Å². The molecule has 2 aliphatic heterocycles. The fraction of sp³-hybridized carbons (Fsp3) is 0.318. The van der Waals surface area contributed by atoms with E-state index in [1.54, 1.807) is 48.5 Å². The van der Waals surface area contributed by atoms with E-state index in [0.29, 0.717) is 11.4 Å². The number of carbonyl (C=O) groups excluding carboxylic acids is 12. The van der Waals surface area contributed by atoms with E-state index in [9.17, 15) is 57.5 Å². The fourth-order valence-electron chi connectivity index (χ4n) is 3.68. The lowest BCUT2D eigenvalue weighted by atomic mass is 10.3. The van der Waals surface area contributed by atoms with Crippen molar-refractivity contribution >= 4 is 88.3 Å². The second kappa shape index (κ2) is 46.5. The van der Waals surface area contributed by atoms with E-state index in [4.69, 9.17) is 21.3 Å². The van der Waals surface area contributed by atoms with Gasteiger partial charge in [-0.25, -0.2) is 11.0 Å². The van der Waals surface area contributed by atoms with Crippen LogP contribution in [0.3, 0.4) is 0 Å². The number of aliphatic hydroxyl groups is 1. The van der Waals surface area contributed by atoms with Gasteiger partial charge in [-0.15, -0.1) is 0 Å². The van der Waals surface area contributed by atoms with E-state index in [2.05, 4.69) is 45.9 Å². The quantitative estimate of drug-likeness (QED) is 0.0312. The molecule has 392 valence electrons. The van der Waals surface area contributed by atoms with Gasteiger partial charge >= 0.3 is 35.8 Å². The van der Waals surface area contributed by atoms with Crippen molar-refractivity contribution in [2.45, 2.75) is 51.9 Å². The predicted molar refractivity (Wildman–Crippen MR) is 250 cm³/mol. The third-order valence-electron chi connectivity index (χ3n) is 6.82. The van der Waals surface area contributed by atoms with Gasteiger partial charge in [0.2, 0.25) is 17.7 Å². The largest absolute Gasteiger partial charge is 0.469 e. The summed E-state index contributed by atoms with van der Waals surface area (Å²) in [5.41, 5.74) is 14.7. The average Bonchev–Trinajstić information content (AvgIpc) is 3.96. The molecule has 6 amide bonds. The molecule has 27 nitrogen and oxygen atoms in total. The molecule has 0 aromatic heterocycles. The monoisotopic (exact) mass is 1010 g/mol. The number of amides is 6. The molecule has 0 spiro atoms. The van der Waals surface area contributed by atoms with Gasteiger partial charge < -0.3 is 56.8 Å². The van der Waals surface area contributed by atoms with Crippen LogP contribution in [0.1, 0.15) is 51.9 Å². The third kappa shape index (κ3) is 46.2. The zero-order valence-corrected chi connectivity index (χ0v) is 39.8. The second-order valence-electron chi connectivity index (χ2n) is 12.2. The molecule has 0 radical (unpaired) electrons. The number of nitrogen functional groups attached to an aromatic ring is 1. The molecule has 2 heterocycles. The number of cyclic esters (lactones) is 4. The smallest absolute Gasteiger partial charge is 0.315 e. The predicted octanol–water partition coefficient (Wildman–Crippen LogP) is -0.216. The van der Waals surface area contributed by atoms with E-state index in [1.807, 2.05) is 42.5 Å². The summed E-state index contributed by atoms with van der Waals surface area (Å²) in [5, 5.41) is 32.7. The molecule has 2 saturated heterocycles. The summed E-state index contributed by atoms with van der Waals surface area (Å²) in [7, 11) is 6.61. The van der Waals surface area contributed by atoms with Crippen molar-refractivity contribution < 1.29 is 92.0 Å². The lowest BCUT2D eigenvalue weighted by Crippen LogP contribution is -2.27. The van der Waals surface area contributed by atoms with Crippen molar-refractivity contribution in [3.63, 3.8) is 0 Å². The highest BCUT2D eigenvalue weighted by molar-refractivity contribution is 6.03. The molecular formula is C44H62N8O19. The number of methoxy groups -OCH3 is 1. The molecule has 71 heavy (non-hydrogen) atoms. The Morgan fingerprint density at radius 2 is 0.859 bits per heavy atom. The SMILES string of the molecule is CC(=O)OCC(=O)Nc1ccccc1.CN.CNC(=O)CC(=O)NO.CNC(=O)CC(=O)OC.CO.Nc1ccccc1.O=C(CC(=O)Nc1ccccc1)NO.O=C1CCC(=O)O1.O=C1CCC(=O)O1. The van der Waals surface area contributed by atoms with Crippen LogP contribution in [0.5, 0.6) is 0 Å². The number of hydrogen-bond donors (Lipinski definition) is 11. The van der Waals surface area contributed by atoms with Crippen LogP contribution in [-0.4, -0.2) is 129 Å². The minimum atomic E-state index is -0.738. The molecule has 3 aromatic carbocycles. The number of carbonyl (C=O) groups is 12. The minimum Gasteiger partial charge on any atom is -0.469 e. The van der Waals surface area contributed by atoms with Crippen LogP contribution in [-0.2, 0) is 76.5 Å². The second-order valence-corrected chi connectivity index (χ2v) is 12.2. The van der Waals surface area contributed by atoms with Crippen molar-refractivity contribution in [2.75, 3.05) is 58.3 Å². The highest BCUT2D eigenvalue weighted by atomic mass is 16.6. The van der Waals surface area contributed by atoms with E-state index in [0.717, 1.165) is 12.8 Å². The number of ether oxygens (including phenoxy) is 4. The van der Waals surface area contributed by atoms with Crippen molar-refractivity contribution in [3.05, 3.63) is 91.0 Å². The summed E-state index contributed by atoms with van der Waals surface area (Å²) in [6, 6.07) is 27.2. The maximum Gasteiger partial charge on any atom is 0.315 e. The number of nitrogens with one attached hydrogen (secondary N) is 6. The summed E-state index contributed by atoms with van der Waals surface area (Å²) in [5.74, 6) is -5.60. The Bertz CT molecular complexity index is 1950. The van der Waals surface area contributed by atoms with Gasteiger partial charge in [0.1, 0.15) is 19.3 Å². The van der Waals surface area contributed by atoms with Crippen LogP contribution in [0.4, 0.5) is 17.1 Å². The molecule has 0 unspecified atom stereocenters. The van der Waals surface area contributed by atoms with E-state index in [-0.39, 0.29) is 56.9 Å². The maximum absolute atomic E-state index is 11.1. The van der Waals surface area contributed by atoms with Crippen molar-refractivity contribution in [3.8, 4) is 0 Å². The highest BCUT2D eigenvalue weighted by Gasteiger charge is 2.20. The number of esters is 6. The van der Waals surface area contributed by atoms with Gasteiger partial charge in [0.05, 0.1) is 32.8 Å². The van der Waals surface area contributed by atoms with E-state index in [1.165, 1.54) is 46.1 Å². The normalized spacial score (nSPS) is 10.7. The Kier molecular flexibility index (Phi) is 45.1. The third-order valence-corrected chi connectivity index (χ3v) is 6.82. The topological polar surface area (TPSA) is 427 Å². The van der Waals surface area contributed by atoms with Crippen LogP contribution < -0.4 is 43.7 Å². The first-order valence-corrected chi connectivity index (χ1v) is 20.3. The van der Waals surface area contributed by atoms with Crippen molar-refractivity contribution in [2.24, 2.45) is 5.73 Å². The molecule has 13 N–H and O–H groups in total. The summed E-state index contributed by atoms with van der Waals surface area (Å²) in [6.45, 7) is 1.01. The Morgan fingerprint density at radius 1 is 0.535 bits per heavy atom. The number of nitrogens with two attached hydrogens (primary N) is 2. The molecule has 3 aromatic rings. The van der Waals surface area contributed by atoms with Crippen LogP contribution in [0.15, 0.2) is 91.0 Å². The number of hydroxylamine groups is 2. The summed E-state index contributed by atoms with van der Waals surface area (Å²) in [4.78, 5) is 124. The van der Waals surface area contributed by atoms with Crippen molar-refractivity contribution in [1.29, 1.82) is 0 Å². The molecule has 0 bridgehead atoms. The van der Waals surface area contributed by atoms with Crippen LogP contribution in [0.25, 0.3) is 0 Å². The molecule has 2 aliphatic rings. The molecule has 0 aliphatic carbocycles. The Morgan fingerprint density at radius 3 is 1.13 bits per heavy atom. The molecule has 2 fully saturated rings. The van der Waals surface area contributed by atoms with Gasteiger partial charge in [0.25, 0.3) is 17.7 Å². The van der Waals surface area contributed by atoms with Crippen molar-refractivity contribution in [1.82, 2.24) is 21.6 Å². The highest BCUT2D eigenvalue weighted by Crippen LogP contribution is 2.07. The average molecular weight is 1010 g/mol. The van der Waals surface area contributed by atoms with Crippen LogP contribution in [0, 0.1) is 0 Å². The lowest BCUT2D eigenvalue weighted by Gasteiger charge is -2.04. The molecule has 27 heteroatoms. The van der Waals surface area contributed by atoms with Gasteiger partial charge in [0, 0.05) is 45.2 Å². The van der Waals surface area contributed by atoms with Gasteiger partial charge in [0.15, 0.2) is 6.61 Å². The number of rotatable bonds is 10. The zero-order chi connectivity index (χ0) is 55.0. The summed E-state index contributed by atoms with van der Waals surface area (Å²) < 4.78 is 16.9. The fourth-order valence-corrected chi connectivity index (χ4v) is 3.68. The molecular weight excluding hydrogens is 945 g/mol. The first-order valence-electron chi connectivity index (χ1n) is 20.3. The number of aliphatic hydroxyl groups excluding tert-OH is 1. The number of benzene rings is 3. The number of anilines is 3. The number of hydrogen-bond acceptors (Lipinski definition) is 21. The molecule has 0 atom stereocenters. The standard InChI is InChI=1S/C10H11NO3.C9H10N2O3.C6H7N.C5H9NO3.C4H8N2O3.2C4H4O3.CH5N.CH4O/c1-8(12)14-7-10(13)11-9-5-3-2-4-6-9;12-8(6-9(13)11-14)10-7-4-2-1-3-5-7;7-6-4-2-1-3-5-6;1-6-4(7)3-5(8)9-2;1-5-3(7)2-4(8)6-9;2*5-3-1-2-4(6)7-3;2*1-2/h2-6H,7H2,1H3,(H,11,13);1-5,14H,6H2,(H,10,12)(H,11,13);1-5H,7H2;3H2,1-2H3,(H,6,7);9H,2H2,1H3,(H,5,7)(H,6,8);2*1-2H2;2H2,1H3;2H,1H3. The maximum atomic E-state index is 11.1. The Balaban J connectivity index is -0.000000371. The number of para-hydroxylation sites is 3. The van der Waals surface area contributed by atoms with Gasteiger partial charge in [-0.05, 0) is 43.4 Å². The van der Waals surface area contributed by atoms with Gasteiger partial charge in [-0.1, -0.05) is 54.6 Å². The first-order chi connectivity index (χ1) is 33.8. The molecule has 0 saturated carbocycles. The van der Waals surface area contributed by atoms with Crippen LogP contribution in [0.2, 0.25) is 0 Å². The molecule has 5 rings (SSSR count). The Hall–Kier alpha value is -8.66. The first kappa shape index (κ1) is 68.9. The van der Waals surface area contributed by atoms with Gasteiger partial charge in [-0.3, -0.25) is 67.9 Å². The van der Waals surface area contributed by atoms with E-state index >= 15 is 0 Å². The zero-order valence-electron chi connectivity index (χ0n) is 39.8. The summed E-state index contributed by atoms with van der Waals surface area (Å²) in [6.07, 6.45) is 0.112.